The van der Waals surface area contributed by atoms with E-state index in [1.807, 2.05) is 0 Å². The summed E-state index contributed by atoms with van der Waals surface area (Å²) in [6, 6.07) is 4.26. The van der Waals surface area contributed by atoms with E-state index in [4.69, 9.17) is 9.47 Å². The van der Waals surface area contributed by atoms with Crippen molar-refractivity contribution < 1.29 is 23.9 Å². The van der Waals surface area contributed by atoms with Crippen LogP contribution in [0.1, 0.15) is 6.92 Å². The van der Waals surface area contributed by atoms with Gasteiger partial charge in [0.25, 0.3) is 0 Å². The van der Waals surface area contributed by atoms with Gasteiger partial charge in [0.05, 0.1) is 24.7 Å². The summed E-state index contributed by atoms with van der Waals surface area (Å²) in [5.74, 6) is -0.0178. The van der Waals surface area contributed by atoms with Gasteiger partial charge < -0.3 is 14.2 Å². The summed E-state index contributed by atoms with van der Waals surface area (Å²) in [6.45, 7) is 2.00. The van der Waals surface area contributed by atoms with Gasteiger partial charge in [0.1, 0.15) is 12.4 Å². The lowest BCUT2D eigenvalue weighted by Crippen LogP contribution is -2.02. The Morgan fingerprint density at radius 3 is 2.80 bits per heavy atom. The lowest BCUT2D eigenvalue weighted by atomic mass is 10.3. The molecule has 0 aliphatic heterocycles. The minimum Gasteiger partial charge on any atom is -0.496 e. The van der Waals surface area contributed by atoms with Gasteiger partial charge in [0.2, 0.25) is 0 Å². The molecule has 1 aromatic rings. The number of methoxy groups -OCH3 is 1. The zero-order chi connectivity index (χ0) is 15.0. The number of carbonyl (C=O) groups excluding carboxylic acids is 1. The van der Waals surface area contributed by atoms with Crippen molar-refractivity contribution in [3.05, 3.63) is 40.5 Å². The average Bonchev–Trinajstić information content (AvgIpc) is 2.43. The van der Waals surface area contributed by atoms with Crippen molar-refractivity contribution in [2.75, 3.05) is 20.3 Å². The third-order valence-electron chi connectivity index (χ3n) is 2.24. The fourth-order valence-corrected chi connectivity index (χ4v) is 1.36. The molecule has 0 saturated heterocycles. The van der Waals surface area contributed by atoms with Crippen LogP contribution >= 0.6 is 0 Å². The lowest BCUT2D eigenvalue weighted by molar-refractivity contribution is -0.385. The van der Waals surface area contributed by atoms with Gasteiger partial charge in [-0.2, -0.15) is 0 Å². The van der Waals surface area contributed by atoms with Crippen LogP contribution < -0.4 is 9.47 Å². The summed E-state index contributed by atoms with van der Waals surface area (Å²) in [5, 5.41) is 10.9. The maximum atomic E-state index is 11.0. The molecule has 1 rings (SSSR count). The molecule has 0 aliphatic rings. The van der Waals surface area contributed by atoms with Crippen LogP contribution in [0.15, 0.2) is 30.4 Å². The molecule has 0 spiro atoms. The van der Waals surface area contributed by atoms with E-state index in [2.05, 4.69) is 4.74 Å². The number of hydrogen-bond acceptors (Lipinski definition) is 6. The number of nitro groups is 1. The highest BCUT2D eigenvalue weighted by Gasteiger charge is 2.16. The van der Waals surface area contributed by atoms with Crippen LogP contribution in [0, 0.1) is 10.1 Å². The Bertz CT molecular complexity index is 512. The number of benzene rings is 1. The Morgan fingerprint density at radius 2 is 2.20 bits per heavy atom. The van der Waals surface area contributed by atoms with E-state index < -0.39 is 10.9 Å². The fraction of sp³-hybridized carbons (Fsp3) is 0.308. The molecule has 0 N–H and O–H groups in total. The molecular formula is C13H15NO6. The molecule has 0 fully saturated rings. The lowest BCUT2D eigenvalue weighted by Gasteiger charge is -2.06. The number of hydrogen-bond donors (Lipinski definition) is 0. The van der Waals surface area contributed by atoms with E-state index in [9.17, 15) is 14.9 Å². The van der Waals surface area contributed by atoms with Crippen LogP contribution in [0.4, 0.5) is 5.69 Å². The number of nitro benzene ring substituents is 1. The maximum Gasteiger partial charge on any atom is 0.330 e. The monoisotopic (exact) mass is 281 g/mol. The van der Waals surface area contributed by atoms with Crippen molar-refractivity contribution in [2.24, 2.45) is 0 Å². The van der Waals surface area contributed by atoms with Crippen LogP contribution in [-0.4, -0.2) is 31.2 Å². The second-order valence-corrected chi connectivity index (χ2v) is 3.56. The summed E-state index contributed by atoms with van der Waals surface area (Å²) >= 11 is 0. The Labute approximate surface area is 115 Å². The van der Waals surface area contributed by atoms with Gasteiger partial charge in [-0.15, -0.1) is 0 Å². The molecular weight excluding hydrogens is 266 g/mol. The standard InChI is InChI=1S/C13H15NO6/c1-3-19-13(15)5-4-8-20-12-7-6-10(18-2)9-11(12)14(16)17/h4-7,9H,3,8H2,1-2H3/b5-4+. The molecule has 0 amide bonds. The number of carbonyl (C=O) groups is 1. The van der Waals surface area contributed by atoms with Crippen LogP contribution in [0.3, 0.4) is 0 Å². The highest BCUT2D eigenvalue weighted by Crippen LogP contribution is 2.30. The van der Waals surface area contributed by atoms with Gasteiger partial charge in [0, 0.05) is 6.08 Å². The highest BCUT2D eigenvalue weighted by molar-refractivity contribution is 5.81. The first kappa shape index (κ1) is 15.5. The van der Waals surface area contributed by atoms with Gasteiger partial charge in [0.15, 0.2) is 5.75 Å². The van der Waals surface area contributed by atoms with Crippen molar-refractivity contribution in [2.45, 2.75) is 6.92 Å². The molecule has 0 aliphatic carbocycles. The SMILES string of the molecule is CCOC(=O)/C=C/COc1ccc(OC)cc1[N+](=O)[O-]. The molecule has 0 saturated carbocycles. The minimum atomic E-state index is -0.563. The molecule has 108 valence electrons. The summed E-state index contributed by atoms with van der Waals surface area (Å²) in [5.41, 5.74) is -0.200. The number of nitrogens with zero attached hydrogens (tertiary/aromatic N) is 1. The second kappa shape index (κ2) is 7.78. The van der Waals surface area contributed by atoms with Gasteiger partial charge in [-0.1, -0.05) is 0 Å². The van der Waals surface area contributed by atoms with Gasteiger partial charge in [-0.05, 0) is 25.1 Å². The first-order valence-corrected chi connectivity index (χ1v) is 5.87. The van der Waals surface area contributed by atoms with E-state index in [1.165, 1.54) is 31.4 Å². The van der Waals surface area contributed by atoms with Crippen LogP contribution in [0.2, 0.25) is 0 Å². The molecule has 0 aromatic heterocycles. The third kappa shape index (κ3) is 4.60. The average molecular weight is 281 g/mol. The topological polar surface area (TPSA) is 87.9 Å². The highest BCUT2D eigenvalue weighted by atomic mass is 16.6. The molecule has 0 atom stereocenters. The summed E-state index contributed by atoms with van der Waals surface area (Å²) in [6.07, 6.45) is 2.63. The molecule has 0 unspecified atom stereocenters. The Hall–Kier alpha value is -2.57. The fourth-order valence-electron chi connectivity index (χ4n) is 1.36. The summed E-state index contributed by atoms with van der Waals surface area (Å²) in [7, 11) is 1.42. The first-order valence-electron chi connectivity index (χ1n) is 5.87. The van der Waals surface area contributed by atoms with Crippen LogP contribution in [-0.2, 0) is 9.53 Å². The summed E-state index contributed by atoms with van der Waals surface area (Å²) < 4.78 is 14.8. The van der Waals surface area contributed by atoms with Crippen molar-refractivity contribution in [1.82, 2.24) is 0 Å². The predicted octanol–water partition coefficient (Wildman–Crippen LogP) is 2.10. The van der Waals surface area contributed by atoms with E-state index in [0.717, 1.165) is 0 Å². The number of rotatable bonds is 7. The number of esters is 1. The van der Waals surface area contributed by atoms with Crippen LogP contribution in [0.5, 0.6) is 11.5 Å². The van der Waals surface area contributed by atoms with Gasteiger partial charge in [-0.25, -0.2) is 4.79 Å². The predicted molar refractivity (Wildman–Crippen MR) is 70.9 cm³/mol. The first-order chi connectivity index (χ1) is 9.58. The smallest absolute Gasteiger partial charge is 0.330 e. The van der Waals surface area contributed by atoms with Crippen molar-refractivity contribution in [1.29, 1.82) is 0 Å². The van der Waals surface area contributed by atoms with E-state index in [0.29, 0.717) is 5.75 Å². The van der Waals surface area contributed by atoms with Crippen molar-refractivity contribution in [3.63, 3.8) is 0 Å². The van der Waals surface area contributed by atoms with E-state index in [1.54, 1.807) is 13.0 Å². The molecule has 20 heavy (non-hydrogen) atoms. The molecule has 0 heterocycles. The summed E-state index contributed by atoms with van der Waals surface area (Å²) in [4.78, 5) is 21.4. The van der Waals surface area contributed by atoms with Crippen molar-refractivity contribution >= 4 is 11.7 Å². The van der Waals surface area contributed by atoms with E-state index >= 15 is 0 Å². The Balaban J connectivity index is 2.68. The Kier molecular flexibility index (Phi) is 6.02. The zero-order valence-electron chi connectivity index (χ0n) is 11.2. The Morgan fingerprint density at radius 1 is 1.45 bits per heavy atom. The van der Waals surface area contributed by atoms with Crippen LogP contribution in [0.25, 0.3) is 0 Å². The molecule has 0 bridgehead atoms. The maximum absolute atomic E-state index is 11.0. The zero-order valence-corrected chi connectivity index (χ0v) is 11.2. The van der Waals surface area contributed by atoms with Gasteiger partial charge >= 0.3 is 11.7 Å². The largest absolute Gasteiger partial charge is 0.496 e. The quantitative estimate of drug-likeness (QED) is 0.329. The third-order valence-corrected chi connectivity index (χ3v) is 2.24. The molecule has 7 nitrogen and oxygen atoms in total. The molecule has 7 heteroatoms. The van der Waals surface area contributed by atoms with Gasteiger partial charge in [-0.3, -0.25) is 10.1 Å². The van der Waals surface area contributed by atoms with Crippen molar-refractivity contribution in [3.8, 4) is 11.5 Å². The van der Waals surface area contributed by atoms with E-state index in [-0.39, 0.29) is 24.7 Å². The molecule has 1 aromatic carbocycles. The second-order valence-electron chi connectivity index (χ2n) is 3.56. The molecule has 0 radical (unpaired) electrons. The minimum absolute atomic E-state index is 0.0198. The normalized spacial score (nSPS) is 10.3. The number of ether oxygens (including phenoxy) is 3.